The van der Waals surface area contributed by atoms with Crippen molar-refractivity contribution in [2.75, 3.05) is 52.8 Å². The van der Waals surface area contributed by atoms with Crippen molar-refractivity contribution in [1.82, 2.24) is 9.21 Å². The molecule has 0 bridgehead atoms. The predicted molar refractivity (Wildman–Crippen MR) is 129 cm³/mol. The molecule has 0 radical (unpaired) electrons. The molecule has 8 heteroatoms. The first kappa shape index (κ1) is 22.3. The lowest BCUT2D eigenvalue weighted by Crippen LogP contribution is -2.47. The highest BCUT2D eigenvalue weighted by Crippen LogP contribution is 2.51. The van der Waals surface area contributed by atoms with E-state index in [4.69, 9.17) is 9.47 Å². The maximum atomic E-state index is 13.3. The first-order valence-corrected chi connectivity index (χ1v) is 12.8. The van der Waals surface area contributed by atoms with Crippen LogP contribution in [0.3, 0.4) is 0 Å². The van der Waals surface area contributed by atoms with Crippen LogP contribution in [0.2, 0.25) is 0 Å². The van der Waals surface area contributed by atoms with Crippen LogP contribution in [0.1, 0.15) is 29.5 Å². The first-order valence-electron chi connectivity index (χ1n) is 11.4. The van der Waals surface area contributed by atoms with E-state index >= 15 is 0 Å². The Morgan fingerprint density at radius 1 is 0.970 bits per heavy atom. The highest BCUT2D eigenvalue weighted by molar-refractivity contribution is 7.89. The second-order valence-corrected chi connectivity index (χ2v) is 11.0. The lowest BCUT2D eigenvalue weighted by atomic mass is 9.77. The number of allylic oxidation sites excluding steroid dienone is 2. The Hall–Kier alpha value is -2.55. The summed E-state index contributed by atoms with van der Waals surface area (Å²) in [4.78, 5) is 2.54. The van der Waals surface area contributed by atoms with Gasteiger partial charge in [0.05, 0.1) is 25.2 Å². The Morgan fingerprint density at radius 2 is 1.73 bits per heavy atom. The summed E-state index contributed by atoms with van der Waals surface area (Å²) in [6, 6.07) is 11.7. The Kier molecular flexibility index (Phi) is 5.84. The average Bonchev–Trinajstić information content (AvgIpc) is 3.33. The van der Waals surface area contributed by atoms with Gasteiger partial charge in [-0.1, -0.05) is 18.2 Å². The van der Waals surface area contributed by atoms with Gasteiger partial charge in [0.15, 0.2) is 11.5 Å². The fourth-order valence-electron chi connectivity index (χ4n) is 5.29. The number of hydrogen-bond donors (Lipinski definition) is 1. The van der Waals surface area contributed by atoms with Gasteiger partial charge >= 0.3 is 0 Å². The molecular formula is C25H31N3O4S. The number of rotatable bonds is 5. The minimum absolute atomic E-state index is 0.0948. The first-order chi connectivity index (χ1) is 15.9. The molecule has 33 heavy (non-hydrogen) atoms. The third-order valence-corrected chi connectivity index (χ3v) is 9.10. The predicted octanol–water partition coefficient (Wildman–Crippen LogP) is 3.47. The molecule has 3 aliphatic rings. The van der Waals surface area contributed by atoms with Crippen LogP contribution < -0.4 is 14.8 Å². The third-order valence-electron chi connectivity index (χ3n) is 7.20. The molecule has 0 spiro atoms. The van der Waals surface area contributed by atoms with Crippen molar-refractivity contribution < 1.29 is 17.9 Å². The minimum Gasteiger partial charge on any atom is -0.493 e. The fourth-order valence-corrected chi connectivity index (χ4v) is 6.74. The topological polar surface area (TPSA) is 71.1 Å². The Labute approximate surface area is 196 Å². The number of methoxy groups -OCH3 is 2. The number of nitrogens with zero attached hydrogens (tertiary/aromatic N) is 2. The van der Waals surface area contributed by atoms with Gasteiger partial charge in [0.2, 0.25) is 10.0 Å². The average molecular weight is 470 g/mol. The monoisotopic (exact) mass is 469 g/mol. The zero-order valence-corrected chi connectivity index (χ0v) is 20.1. The van der Waals surface area contributed by atoms with E-state index in [9.17, 15) is 8.42 Å². The third kappa shape index (κ3) is 3.90. The summed E-state index contributed by atoms with van der Waals surface area (Å²) >= 11 is 0. The highest BCUT2D eigenvalue weighted by atomic mass is 32.2. The molecule has 0 saturated carbocycles. The number of sulfonamides is 1. The fraction of sp³-hybridized carbons (Fsp3) is 0.440. The summed E-state index contributed by atoms with van der Waals surface area (Å²) in [7, 11) is 1.80. The van der Waals surface area contributed by atoms with Crippen molar-refractivity contribution in [2.24, 2.45) is 5.92 Å². The number of benzene rings is 2. The SMILES string of the molecule is COc1ccc(C2Nc3ccc(S(=O)(=O)N4CCN(C)CC4)cc3C3C=CCC32)cc1OC. The molecule has 1 N–H and O–H groups in total. The number of nitrogens with one attached hydrogen (secondary N) is 1. The second-order valence-electron chi connectivity index (χ2n) is 9.05. The molecule has 7 nitrogen and oxygen atoms in total. The summed E-state index contributed by atoms with van der Waals surface area (Å²) in [6.45, 7) is 2.57. The van der Waals surface area contributed by atoms with Gasteiger partial charge in [-0.2, -0.15) is 4.31 Å². The molecule has 2 heterocycles. The maximum absolute atomic E-state index is 13.3. The largest absolute Gasteiger partial charge is 0.493 e. The van der Waals surface area contributed by atoms with Gasteiger partial charge in [0.25, 0.3) is 0 Å². The van der Waals surface area contributed by atoms with Gasteiger partial charge in [-0.15, -0.1) is 0 Å². The molecule has 2 aliphatic heterocycles. The number of fused-ring (bicyclic) bond motifs is 3. The molecular weight excluding hydrogens is 438 g/mol. The Bertz CT molecular complexity index is 1170. The summed E-state index contributed by atoms with van der Waals surface area (Å²) in [5.74, 6) is 1.88. The minimum atomic E-state index is -3.51. The van der Waals surface area contributed by atoms with E-state index in [-0.39, 0.29) is 12.0 Å². The number of likely N-dealkylation sites (N-methyl/N-ethyl adjacent to an activating group) is 1. The lowest BCUT2D eigenvalue weighted by Gasteiger charge is -2.38. The van der Waals surface area contributed by atoms with Crippen molar-refractivity contribution in [1.29, 1.82) is 0 Å². The number of piperazine rings is 1. The maximum Gasteiger partial charge on any atom is 0.243 e. The highest BCUT2D eigenvalue weighted by Gasteiger charge is 2.39. The second kappa shape index (κ2) is 8.66. The molecule has 3 unspecified atom stereocenters. The van der Waals surface area contributed by atoms with Gasteiger partial charge in [0, 0.05) is 37.8 Å². The van der Waals surface area contributed by atoms with Crippen LogP contribution in [0, 0.1) is 5.92 Å². The van der Waals surface area contributed by atoms with E-state index < -0.39 is 10.0 Å². The number of hydrogen-bond acceptors (Lipinski definition) is 6. The van der Waals surface area contributed by atoms with Crippen molar-refractivity contribution in [3.05, 3.63) is 59.7 Å². The lowest BCUT2D eigenvalue weighted by molar-refractivity contribution is 0.222. The van der Waals surface area contributed by atoms with Crippen LogP contribution in [0.25, 0.3) is 0 Å². The summed E-state index contributed by atoms with van der Waals surface area (Å²) in [5.41, 5.74) is 3.17. The summed E-state index contributed by atoms with van der Waals surface area (Å²) in [5, 5.41) is 3.69. The van der Waals surface area contributed by atoms with E-state index in [1.807, 2.05) is 31.3 Å². The van der Waals surface area contributed by atoms with Gasteiger partial charge in [-0.3, -0.25) is 0 Å². The van der Waals surface area contributed by atoms with E-state index in [0.29, 0.717) is 35.4 Å². The van der Waals surface area contributed by atoms with Gasteiger partial charge in [-0.05, 0) is 60.8 Å². The quantitative estimate of drug-likeness (QED) is 0.677. The summed E-state index contributed by atoms with van der Waals surface area (Å²) < 4.78 is 39.2. The molecule has 1 saturated heterocycles. The zero-order chi connectivity index (χ0) is 23.2. The normalized spacial score (nSPS) is 25.2. The van der Waals surface area contributed by atoms with Crippen molar-refractivity contribution in [2.45, 2.75) is 23.3 Å². The molecule has 2 aromatic carbocycles. The molecule has 1 fully saturated rings. The van der Waals surface area contributed by atoms with Crippen molar-refractivity contribution >= 4 is 15.7 Å². The molecule has 176 valence electrons. The van der Waals surface area contributed by atoms with Crippen LogP contribution in [0.15, 0.2) is 53.4 Å². The number of ether oxygens (including phenoxy) is 2. The molecule has 2 aromatic rings. The molecule has 0 amide bonds. The van der Waals surface area contributed by atoms with Crippen LogP contribution >= 0.6 is 0 Å². The molecule has 0 aromatic heterocycles. The van der Waals surface area contributed by atoms with E-state index in [2.05, 4.69) is 28.4 Å². The van der Waals surface area contributed by atoms with E-state index in [0.717, 1.165) is 36.3 Å². The smallest absolute Gasteiger partial charge is 0.243 e. The van der Waals surface area contributed by atoms with Crippen LogP contribution in [0.5, 0.6) is 11.5 Å². The van der Waals surface area contributed by atoms with Gasteiger partial charge < -0.3 is 19.7 Å². The Morgan fingerprint density at radius 3 is 2.45 bits per heavy atom. The van der Waals surface area contributed by atoms with Crippen molar-refractivity contribution in [3.63, 3.8) is 0 Å². The van der Waals surface area contributed by atoms with Gasteiger partial charge in [-0.25, -0.2) is 8.42 Å². The summed E-state index contributed by atoms with van der Waals surface area (Å²) in [6.07, 6.45) is 5.37. The molecule has 3 atom stereocenters. The van der Waals surface area contributed by atoms with E-state index in [1.165, 1.54) is 0 Å². The van der Waals surface area contributed by atoms with Crippen molar-refractivity contribution in [3.8, 4) is 11.5 Å². The van der Waals surface area contributed by atoms with Crippen LogP contribution in [-0.4, -0.2) is 65.1 Å². The molecule has 5 rings (SSSR count). The van der Waals surface area contributed by atoms with Crippen LogP contribution in [-0.2, 0) is 10.0 Å². The Balaban J connectivity index is 1.48. The molecule has 1 aliphatic carbocycles. The van der Waals surface area contributed by atoms with E-state index in [1.54, 1.807) is 24.6 Å². The van der Waals surface area contributed by atoms with Gasteiger partial charge in [0.1, 0.15) is 0 Å². The zero-order valence-electron chi connectivity index (χ0n) is 19.3. The standard InChI is InChI=1S/C25H31N3O4S/c1-27-11-13-28(14-12-27)33(29,30)18-8-9-22-21(16-18)19-5-4-6-20(19)25(26-22)17-7-10-23(31-2)24(15-17)32-3/h4-5,7-10,15-16,19-20,25-26H,6,11-14H2,1-3H3. The van der Waals surface area contributed by atoms with Crippen LogP contribution in [0.4, 0.5) is 5.69 Å². The number of anilines is 1.